The molecule has 19 heavy (non-hydrogen) atoms. The average Bonchev–Trinajstić information content (AvgIpc) is 2.39. The van der Waals surface area contributed by atoms with Crippen LogP contribution in [0.2, 0.25) is 0 Å². The van der Waals surface area contributed by atoms with Gasteiger partial charge in [0.25, 0.3) is 5.91 Å². The molecule has 0 radical (unpaired) electrons. The van der Waals surface area contributed by atoms with E-state index < -0.39 is 0 Å². The van der Waals surface area contributed by atoms with Gasteiger partial charge in [-0.25, -0.2) is 0 Å². The first-order valence-electron chi connectivity index (χ1n) is 5.61. The minimum atomic E-state index is -0.269. The van der Waals surface area contributed by atoms with Gasteiger partial charge in [-0.2, -0.15) is 0 Å². The molecule has 2 aromatic carbocycles. The van der Waals surface area contributed by atoms with E-state index in [1.807, 2.05) is 18.2 Å². The first kappa shape index (κ1) is 13.4. The highest BCUT2D eigenvalue weighted by atomic mass is 79.9. The highest BCUT2D eigenvalue weighted by molar-refractivity contribution is 9.10. The largest absolute Gasteiger partial charge is 0.495 e. The molecule has 0 saturated carbocycles. The van der Waals surface area contributed by atoms with Crippen molar-refractivity contribution in [2.45, 2.75) is 0 Å². The monoisotopic (exact) mass is 320 g/mol. The number of carbonyl (C=O) groups excluding carboxylic acids is 1. The van der Waals surface area contributed by atoms with E-state index in [0.29, 0.717) is 22.7 Å². The molecule has 2 aromatic rings. The minimum Gasteiger partial charge on any atom is -0.495 e. The fourth-order valence-corrected chi connectivity index (χ4v) is 2.08. The van der Waals surface area contributed by atoms with Crippen molar-refractivity contribution in [3.05, 3.63) is 52.5 Å². The smallest absolute Gasteiger partial charge is 0.257 e. The van der Waals surface area contributed by atoms with E-state index >= 15 is 0 Å². The number of hydrogen-bond donors (Lipinski definition) is 2. The number of para-hydroxylation sites is 1. The molecule has 1 amide bonds. The van der Waals surface area contributed by atoms with Crippen molar-refractivity contribution in [1.82, 2.24) is 0 Å². The number of nitrogens with one attached hydrogen (secondary N) is 1. The summed E-state index contributed by atoms with van der Waals surface area (Å²) in [4.78, 5) is 12.2. The van der Waals surface area contributed by atoms with Gasteiger partial charge in [0, 0.05) is 10.2 Å². The van der Waals surface area contributed by atoms with Gasteiger partial charge in [-0.3, -0.25) is 4.79 Å². The topological polar surface area (TPSA) is 64.3 Å². The number of anilines is 2. The number of ether oxygens (including phenoxy) is 1. The lowest BCUT2D eigenvalue weighted by Crippen LogP contribution is -2.14. The first-order chi connectivity index (χ1) is 9.11. The van der Waals surface area contributed by atoms with Crippen LogP contribution in [0.25, 0.3) is 0 Å². The predicted octanol–water partition coefficient (Wildman–Crippen LogP) is 3.29. The van der Waals surface area contributed by atoms with Crippen LogP contribution in [0.15, 0.2) is 46.9 Å². The number of carbonyl (C=O) groups is 1. The van der Waals surface area contributed by atoms with Crippen molar-refractivity contribution in [3.8, 4) is 5.75 Å². The second kappa shape index (κ2) is 5.75. The van der Waals surface area contributed by atoms with E-state index in [-0.39, 0.29) is 5.91 Å². The second-order valence-corrected chi connectivity index (χ2v) is 4.80. The second-order valence-electron chi connectivity index (χ2n) is 3.89. The number of halogens is 1. The molecule has 0 heterocycles. The number of benzene rings is 2. The molecule has 2 rings (SSSR count). The van der Waals surface area contributed by atoms with Gasteiger partial charge in [-0.05, 0) is 30.3 Å². The molecular weight excluding hydrogens is 308 g/mol. The number of rotatable bonds is 3. The summed E-state index contributed by atoms with van der Waals surface area (Å²) >= 11 is 3.35. The van der Waals surface area contributed by atoms with Gasteiger partial charge >= 0.3 is 0 Å². The normalized spacial score (nSPS) is 10.0. The third-order valence-corrected chi connectivity index (χ3v) is 3.11. The summed E-state index contributed by atoms with van der Waals surface area (Å²) in [7, 11) is 1.52. The Bertz CT molecular complexity index is 614. The van der Waals surface area contributed by atoms with Gasteiger partial charge in [0.15, 0.2) is 0 Å². The zero-order chi connectivity index (χ0) is 13.8. The third kappa shape index (κ3) is 3.06. The summed E-state index contributed by atoms with van der Waals surface area (Å²) in [6.45, 7) is 0. The first-order valence-corrected chi connectivity index (χ1v) is 6.40. The quantitative estimate of drug-likeness (QED) is 0.853. The van der Waals surface area contributed by atoms with E-state index in [9.17, 15) is 4.79 Å². The molecule has 0 atom stereocenters. The van der Waals surface area contributed by atoms with E-state index in [1.54, 1.807) is 24.3 Å². The summed E-state index contributed by atoms with van der Waals surface area (Å²) in [6.07, 6.45) is 0. The molecule has 0 aliphatic heterocycles. The van der Waals surface area contributed by atoms with E-state index in [4.69, 9.17) is 10.5 Å². The van der Waals surface area contributed by atoms with Crippen molar-refractivity contribution in [1.29, 1.82) is 0 Å². The summed E-state index contributed by atoms with van der Waals surface area (Å²) < 4.78 is 5.99. The molecule has 0 fully saturated rings. The van der Waals surface area contributed by atoms with Crippen LogP contribution >= 0.6 is 15.9 Å². The highest BCUT2D eigenvalue weighted by Gasteiger charge is 2.13. The van der Waals surface area contributed by atoms with Crippen LogP contribution in [0.4, 0.5) is 11.4 Å². The maximum atomic E-state index is 12.2. The maximum absolute atomic E-state index is 12.2. The summed E-state index contributed by atoms with van der Waals surface area (Å²) in [5.41, 5.74) is 7.30. The van der Waals surface area contributed by atoms with Crippen LogP contribution in [0.3, 0.4) is 0 Å². The van der Waals surface area contributed by atoms with Crippen molar-refractivity contribution in [3.63, 3.8) is 0 Å². The van der Waals surface area contributed by atoms with Gasteiger partial charge in [0.2, 0.25) is 0 Å². The summed E-state index contributed by atoms with van der Waals surface area (Å²) in [5.74, 6) is 0.219. The van der Waals surface area contributed by atoms with Crippen molar-refractivity contribution in [2.24, 2.45) is 0 Å². The zero-order valence-corrected chi connectivity index (χ0v) is 11.9. The lowest BCUT2D eigenvalue weighted by molar-refractivity contribution is 0.102. The Morgan fingerprint density at radius 1 is 1.26 bits per heavy atom. The fraction of sp³-hybridized carbons (Fsp3) is 0.0714. The Balaban J connectivity index is 2.25. The zero-order valence-electron chi connectivity index (χ0n) is 10.3. The van der Waals surface area contributed by atoms with E-state index in [2.05, 4.69) is 21.2 Å². The van der Waals surface area contributed by atoms with Gasteiger partial charge < -0.3 is 15.8 Å². The van der Waals surface area contributed by atoms with Crippen LogP contribution in [-0.4, -0.2) is 13.0 Å². The van der Waals surface area contributed by atoms with E-state index in [1.165, 1.54) is 7.11 Å². The Hall–Kier alpha value is -2.01. The van der Waals surface area contributed by atoms with Gasteiger partial charge in [-0.1, -0.05) is 28.1 Å². The van der Waals surface area contributed by atoms with Crippen LogP contribution in [0.1, 0.15) is 10.4 Å². The minimum absolute atomic E-state index is 0.269. The van der Waals surface area contributed by atoms with Crippen LogP contribution in [0, 0.1) is 0 Å². The summed E-state index contributed by atoms with van der Waals surface area (Å²) in [6, 6.07) is 12.4. The number of hydrogen-bond acceptors (Lipinski definition) is 3. The van der Waals surface area contributed by atoms with Crippen molar-refractivity contribution < 1.29 is 9.53 Å². The predicted molar refractivity (Wildman–Crippen MR) is 79.5 cm³/mol. The average molecular weight is 321 g/mol. The van der Waals surface area contributed by atoms with Crippen LogP contribution in [0.5, 0.6) is 5.75 Å². The Morgan fingerprint density at radius 3 is 2.68 bits per heavy atom. The highest BCUT2D eigenvalue weighted by Crippen LogP contribution is 2.25. The molecule has 3 N–H and O–H groups in total. The van der Waals surface area contributed by atoms with Crippen molar-refractivity contribution >= 4 is 33.2 Å². The lowest BCUT2D eigenvalue weighted by Gasteiger charge is -2.10. The molecule has 5 heteroatoms. The molecule has 0 saturated heterocycles. The fourth-order valence-electron chi connectivity index (χ4n) is 1.68. The molecule has 0 spiro atoms. The van der Waals surface area contributed by atoms with E-state index in [0.717, 1.165) is 4.47 Å². The molecule has 98 valence electrons. The van der Waals surface area contributed by atoms with Crippen LogP contribution < -0.4 is 15.8 Å². The van der Waals surface area contributed by atoms with Crippen LogP contribution in [-0.2, 0) is 0 Å². The Morgan fingerprint density at radius 2 is 2.00 bits per heavy atom. The molecule has 0 aromatic heterocycles. The molecule has 0 aliphatic rings. The lowest BCUT2D eigenvalue weighted by atomic mass is 10.1. The SMILES string of the molecule is COc1cccc(C(=O)Nc2cccc(Br)c2)c1N. The number of nitrogen functional groups attached to an aromatic ring is 1. The third-order valence-electron chi connectivity index (χ3n) is 2.61. The molecule has 0 aliphatic carbocycles. The molecular formula is C14H13BrN2O2. The van der Waals surface area contributed by atoms with Gasteiger partial charge in [0.1, 0.15) is 5.75 Å². The maximum Gasteiger partial charge on any atom is 0.257 e. The van der Waals surface area contributed by atoms with Gasteiger partial charge in [-0.15, -0.1) is 0 Å². The molecule has 0 unspecified atom stereocenters. The van der Waals surface area contributed by atoms with Gasteiger partial charge in [0.05, 0.1) is 18.4 Å². The standard InChI is InChI=1S/C14H13BrN2O2/c1-19-12-7-3-6-11(13(12)16)14(18)17-10-5-2-4-9(15)8-10/h2-8H,16H2,1H3,(H,17,18). The molecule has 0 bridgehead atoms. The Labute approximate surface area is 119 Å². The number of nitrogens with two attached hydrogens (primary N) is 1. The Kier molecular flexibility index (Phi) is 4.06. The number of methoxy groups -OCH3 is 1. The summed E-state index contributed by atoms with van der Waals surface area (Å²) in [5, 5.41) is 2.79. The van der Waals surface area contributed by atoms with Crippen molar-refractivity contribution in [2.75, 3.05) is 18.2 Å². The molecule has 4 nitrogen and oxygen atoms in total. The number of amides is 1.